The van der Waals surface area contributed by atoms with Crippen molar-refractivity contribution in [2.45, 2.75) is 57.8 Å². The Bertz CT molecular complexity index is 245. The van der Waals surface area contributed by atoms with Gasteiger partial charge < -0.3 is 28.8 Å². The Labute approximate surface area is 178 Å². The molecule has 0 heterocycles. The molecule has 7 heteroatoms. The predicted molar refractivity (Wildman–Crippen MR) is 117 cm³/mol. The molecule has 0 spiro atoms. The lowest BCUT2D eigenvalue weighted by Crippen LogP contribution is -2.13. The van der Waals surface area contributed by atoms with E-state index in [0.29, 0.717) is 59.5 Å². The maximum atomic E-state index is 8.54. The summed E-state index contributed by atoms with van der Waals surface area (Å²) in [5, 5.41) is 8.54. The summed E-state index contributed by atoms with van der Waals surface area (Å²) in [6, 6.07) is 0. The van der Waals surface area contributed by atoms with Gasteiger partial charge in [-0.25, -0.2) is 0 Å². The van der Waals surface area contributed by atoms with Crippen molar-refractivity contribution in [3.63, 3.8) is 0 Å². The van der Waals surface area contributed by atoms with Crippen LogP contribution in [0.5, 0.6) is 0 Å². The predicted octanol–water partition coefficient (Wildman–Crippen LogP) is 3.50. The van der Waals surface area contributed by atoms with Crippen LogP contribution in [0.3, 0.4) is 0 Å². The summed E-state index contributed by atoms with van der Waals surface area (Å²) < 4.78 is 26.9. The van der Waals surface area contributed by atoms with E-state index in [2.05, 4.69) is 12.6 Å². The highest BCUT2D eigenvalue weighted by Crippen LogP contribution is 2.09. The highest BCUT2D eigenvalue weighted by molar-refractivity contribution is 7.80. The molecule has 0 aliphatic heterocycles. The number of hydrogen-bond acceptors (Lipinski definition) is 7. The number of hydrogen-bond donors (Lipinski definition) is 2. The summed E-state index contributed by atoms with van der Waals surface area (Å²) >= 11 is 4.23. The second-order valence-corrected chi connectivity index (χ2v) is 7.14. The fourth-order valence-corrected chi connectivity index (χ4v) is 2.82. The van der Waals surface area contributed by atoms with Gasteiger partial charge in [-0.1, -0.05) is 44.9 Å². The van der Waals surface area contributed by atoms with Crippen LogP contribution in [0.1, 0.15) is 57.8 Å². The van der Waals surface area contributed by atoms with Crippen LogP contribution in [0, 0.1) is 0 Å². The summed E-state index contributed by atoms with van der Waals surface area (Å²) in [4.78, 5) is 0. The molecule has 0 aliphatic rings. The van der Waals surface area contributed by atoms with Gasteiger partial charge in [-0.2, -0.15) is 12.6 Å². The minimum Gasteiger partial charge on any atom is -0.394 e. The number of unbranched alkanes of at least 4 members (excludes halogenated alkanes) is 8. The molecule has 0 unspecified atom stereocenters. The first kappa shape index (κ1) is 28.1. The van der Waals surface area contributed by atoms with Gasteiger partial charge in [0.15, 0.2) is 0 Å². The molecule has 170 valence electrons. The van der Waals surface area contributed by atoms with Gasteiger partial charge in [0.2, 0.25) is 0 Å². The molecule has 0 aromatic carbocycles. The Morgan fingerprint density at radius 1 is 0.393 bits per heavy atom. The average molecular weight is 425 g/mol. The highest BCUT2D eigenvalue weighted by Gasteiger charge is 1.95. The van der Waals surface area contributed by atoms with Crippen LogP contribution >= 0.6 is 12.6 Å². The molecule has 0 amide bonds. The summed E-state index contributed by atoms with van der Waals surface area (Å²) in [5.74, 6) is 1.03. The number of aliphatic hydroxyl groups is 1. The molecule has 0 bridgehead atoms. The average Bonchev–Trinajstić information content (AvgIpc) is 2.71. The van der Waals surface area contributed by atoms with Gasteiger partial charge >= 0.3 is 0 Å². The maximum Gasteiger partial charge on any atom is 0.0701 e. The summed E-state index contributed by atoms with van der Waals surface area (Å²) in [6.07, 6.45) is 11.8. The molecule has 0 aromatic rings. The van der Waals surface area contributed by atoms with Gasteiger partial charge in [-0.15, -0.1) is 0 Å². The van der Waals surface area contributed by atoms with Crippen molar-refractivity contribution in [2.24, 2.45) is 0 Å². The Hall–Kier alpha value is 0.110. The fraction of sp³-hybridized carbons (Fsp3) is 1.00. The van der Waals surface area contributed by atoms with E-state index >= 15 is 0 Å². The smallest absolute Gasteiger partial charge is 0.0701 e. The van der Waals surface area contributed by atoms with Crippen molar-refractivity contribution in [1.29, 1.82) is 0 Å². The van der Waals surface area contributed by atoms with Gasteiger partial charge in [-0.3, -0.25) is 0 Å². The number of aliphatic hydroxyl groups excluding tert-OH is 1. The second-order valence-electron chi connectivity index (χ2n) is 6.69. The zero-order valence-corrected chi connectivity index (χ0v) is 18.7. The Kier molecular flexibility index (Phi) is 27.2. The molecule has 0 fully saturated rings. The van der Waals surface area contributed by atoms with Crippen LogP contribution in [0.15, 0.2) is 0 Å². The van der Waals surface area contributed by atoms with Gasteiger partial charge in [0, 0.05) is 6.61 Å². The number of rotatable bonds is 25. The first-order chi connectivity index (χ1) is 13.9. The zero-order valence-electron chi connectivity index (χ0n) is 17.8. The van der Waals surface area contributed by atoms with Crippen LogP contribution in [-0.2, 0) is 23.7 Å². The molecule has 0 rings (SSSR count). The first-order valence-electron chi connectivity index (χ1n) is 11.0. The summed E-state index contributed by atoms with van der Waals surface area (Å²) in [6.45, 7) is 5.78. The third-order valence-electron chi connectivity index (χ3n) is 4.17. The monoisotopic (exact) mass is 424 g/mol. The third kappa shape index (κ3) is 26.1. The lowest BCUT2D eigenvalue weighted by Gasteiger charge is -2.08. The Morgan fingerprint density at radius 2 is 0.714 bits per heavy atom. The van der Waals surface area contributed by atoms with E-state index in [0.717, 1.165) is 18.8 Å². The third-order valence-corrected chi connectivity index (χ3v) is 4.49. The molecule has 0 radical (unpaired) electrons. The minimum absolute atomic E-state index is 0.0474. The first-order valence-corrected chi connectivity index (χ1v) is 11.7. The Balaban J connectivity index is 2.96. The van der Waals surface area contributed by atoms with E-state index in [-0.39, 0.29) is 6.61 Å². The molecule has 6 nitrogen and oxygen atoms in total. The Morgan fingerprint density at radius 3 is 1.11 bits per heavy atom. The van der Waals surface area contributed by atoms with Crippen LogP contribution < -0.4 is 0 Å². The molecule has 0 atom stereocenters. The number of ether oxygens (including phenoxy) is 5. The van der Waals surface area contributed by atoms with Crippen LogP contribution in [0.2, 0.25) is 0 Å². The van der Waals surface area contributed by atoms with E-state index in [9.17, 15) is 0 Å². The SMILES string of the molecule is OCCOCCOCCOCCOCCOCCCCCCCCCCCS. The highest BCUT2D eigenvalue weighted by atomic mass is 32.1. The van der Waals surface area contributed by atoms with E-state index in [1.165, 1.54) is 51.4 Å². The van der Waals surface area contributed by atoms with E-state index in [1.54, 1.807) is 0 Å². The van der Waals surface area contributed by atoms with Crippen molar-refractivity contribution in [1.82, 2.24) is 0 Å². The molecule has 0 saturated heterocycles. The number of thiol groups is 1. The maximum absolute atomic E-state index is 8.54. The molecule has 28 heavy (non-hydrogen) atoms. The van der Waals surface area contributed by atoms with Crippen molar-refractivity contribution in [2.75, 3.05) is 78.4 Å². The van der Waals surface area contributed by atoms with Gasteiger partial charge in [0.25, 0.3) is 0 Å². The quantitative estimate of drug-likeness (QED) is 0.173. The van der Waals surface area contributed by atoms with Gasteiger partial charge in [0.05, 0.1) is 66.1 Å². The van der Waals surface area contributed by atoms with Crippen molar-refractivity contribution >= 4 is 12.6 Å². The van der Waals surface area contributed by atoms with E-state index < -0.39 is 0 Å². The molecular formula is C21H44O6S. The van der Waals surface area contributed by atoms with Crippen molar-refractivity contribution in [3.05, 3.63) is 0 Å². The van der Waals surface area contributed by atoms with Gasteiger partial charge in [-0.05, 0) is 18.6 Å². The molecule has 0 aliphatic carbocycles. The lowest BCUT2D eigenvalue weighted by atomic mass is 10.1. The van der Waals surface area contributed by atoms with Crippen LogP contribution in [-0.4, -0.2) is 83.5 Å². The topological polar surface area (TPSA) is 66.4 Å². The molecule has 1 N–H and O–H groups in total. The van der Waals surface area contributed by atoms with Crippen LogP contribution in [0.25, 0.3) is 0 Å². The molecule has 0 saturated carbocycles. The fourth-order valence-electron chi connectivity index (χ4n) is 2.60. The normalized spacial score (nSPS) is 11.4. The van der Waals surface area contributed by atoms with Crippen molar-refractivity contribution in [3.8, 4) is 0 Å². The minimum atomic E-state index is 0.0474. The zero-order chi connectivity index (χ0) is 20.4. The largest absolute Gasteiger partial charge is 0.394 e. The standard InChI is InChI=1S/C21H44O6S/c22-10-12-24-14-16-26-18-20-27-19-17-25-15-13-23-11-8-6-4-2-1-3-5-7-9-21-28/h22,28H,1-21H2. The summed E-state index contributed by atoms with van der Waals surface area (Å²) in [5.41, 5.74) is 0. The molecular weight excluding hydrogens is 380 g/mol. The van der Waals surface area contributed by atoms with E-state index in [4.69, 9.17) is 28.8 Å². The van der Waals surface area contributed by atoms with E-state index in [1.807, 2.05) is 0 Å². The second kappa shape index (κ2) is 27.1. The van der Waals surface area contributed by atoms with Gasteiger partial charge in [0.1, 0.15) is 0 Å². The lowest BCUT2D eigenvalue weighted by molar-refractivity contribution is -0.0134. The van der Waals surface area contributed by atoms with Crippen molar-refractivity contribution < 1.29 is 28.8 Å². The van der Waals surface area contributed by atoms with Crippen LogP contribution in [0.4, 0.5) is 0 Å². The molecule has 0 aromatic heterocycles. The summed E-state index contributed by atoms with van der Waals surface area (Å²) in [7, 11) is 0.